The number of nitrogens with one attached hydrogen (secondary N) is 1. The van der Waals surface area contributed by atoms with E-state index in [0.29, 0.717) is 0 Å². The van der Waals surface area contributed by atoms with Crippen molar-refractivity contribution in [3.8, 4) is 0 Å². The standard InChI is InChI=1S/C20H16F2N4O/c1-12-9-13-5-2-3-8-17(13)26(12)20(27)16-10-24-18(11-23-16)25-19-14(21)6-4-7-15(19)22/h2-8,10-12H,9H2,1H3,(H,24,25). The maximum absolute atomic E-state index is 13.7. The summed E-state index contributed by atoms with van der Waals surface area (Å²) in [7, 11) is 0. The zero-order valence-corrected chi connectivity index (χ0v) is 14.5. The van der Waals surface area contributed by atoms with Gasteiger partial charge in [0.05, 0.1) is 12.4 Å². The molecule has 0 aliphatic carbocycles. The topological polar surface area (TPSA) is 58.1 Å². The zero-order valence-electron chi connectivity index (χ0n) is 14.5. The van der Waals surface area contributed by atoms with Crippen LogP contribution in [0.1, 0.15) is 23.0 Å². The van der Waals surface area contributed by atoms with Crippen molar-refractivity contribution in [3.63, 3.8) is 0 Å². The molecule has 3 aromatic rings. The first-order chi connectivity index (χ1) is 13.0. The van der Waals surface area contributed by atoms with Crippen molar-refractivity contribution in [1.82, 2.24) is 9.97 Å². The first kappa shape index (κ1) is 17.1. The summed E-state index contributed by atoms with van der Waals surface area (Å²) in [5.74, 6) is -1.59. The van der Waals surface area contributed by atoms with E-state index in [2.05, 4.69) is 15.3 Å². The summed E-state index contributed by atoms with van der Waals surface area (Å²) in [5, 5.41) is 2.55. The third-order valence-corrected chi connectivity index (χ3v) is 4.51. The Bertz CT molecular complexity index is 987. The highest BCUT2D eigenvalue weighted by Gasteiger charge is 2.31. The summed E-state index contributed by atoms with van der Waals surface area (Å²) >= 11 is 0. The van der Waals surface area contributed by atoms with Crippen molar-refractivity contribution in [2.24, 2.45) is 0 Å². The molecule has 0 saturated carbocycles. The summed E-state index contributed by atoms with van der Waals surface area (Å²) in [6.07, 6.45) is 3.37. The molecule has 0 spiro atoms. The van der Waals surface area contributed by atoms with Crippen molar-refractivity contribution < 1.29 is 13.6 Å². The molecule has 1 amide bonds. The largest absolute Gasteiger partial charge is 0.334 e. The van der Waals surface area contributed by atoms with Gasteiger partial charge in [0.1, 0.15) is 28.8 Å². The SMILES string of the molecule is CC1Cc2ccccc2N1C(=O)c1cnc(Nc2c(F)cccc2F)cn1. The highest BCUT2D eigenvalue weighted by Crippen LogP contribution is 2.32. The summed E-state index contributed by atoms with van der Waals surface area (Å²) in [4.78, 5) is 22.8. The van der Waals surface area contributed by atoms with Crippen LogP contribution in [-0.2, 0) is 6.42 Å². The van der Waals surface area contributed by atoms with E-state index >= 15 is 0 Å². The molecule has 5 nitrogen and oxygen atoms in total. The predicted molar refractivity (Wildman–Crippen MR) is 98.1 cm³/mol. The van der Waals surface area contributed by atoms with E-state index in [4.69, 9.17) is 0 Å². The molecule has 136 valence electrons. The number of halogens is 2. The molecule has 7 heteroatoms. The van der Waals surface area contributed by atoms with E-state index in [9.17, 15) is 13.6 Å². The van der Waals surface area contributed by atoms with Crippen LogP contribution in [0.2, 0.25) is 0 Å². The third-order valence-electron chi connectivity index (χ3n) is 4.51. The van der Waals surface area contributed by atoms with E-state index in [1.165, 1.54) is 18.5 Å². The minimum Gasteiger partial charge on any atom is -0.334 e. The molecule has 1 aromatic heterocycles. The fourth-order valence-electron chi connectivity index (χ4n) is 3.25. The second kappa shape index (κ2) is 6.75. The lowest BCUT2D eigenvalue weighted by Gasteiger charge is -2.22. The number of fused-ring (bicyclic) bond motifs is 1. The molecule has 2 heterocycles. The second-order valence-electron chi connectivity index (χ2n) is 6.37. The van der Waals surface area contributed by atoms with Crippen molar-refractivity contribution >= 4 is 23.1 Å². The smallest absolute Gasteiger partial charge is 0.278 e. The number of benzene rings is 2. The van der Waals surface area contributed by atoms with Crippen LogP contribution >= 0.6 is 0 Å². The van der Waals surface area contributed by atoms with E-state index < -0.39 is 11.6 Å². The number of hydrogen-bond acceptors (Lipinski definition) is 4. The van der Waals surface area contributed by atoms with Crippen LogP contribution in [0.4, 0.5) is 26.0 Å². The number of anilines is 3. The Morgan fingerprint density at radius 3 is 2.52 bits per heavy atom. The highest BCUT2D eigenvalue weighted by atomic mass is 19.1. The van der Waals surface area contributed by atoms with Crippen LogP contribution < -0.4 is 10.2 Å². The molecule has 0 radical (unpaired) electrons. The molecular weight excluding hydrogens is 350 g/mol. The van der Waals surface area contributed by atoms with Crippen molar-refractivity contribution in [3.05, 3.63) is 77.8 Å². The Labute approximate surface area is 154 Å². The van der Waals surface area contributed by atoms with Gasteiger partial charge in [-0.05, 0) is 37.1 Å². The predicted octanol–water partition coefficient (Wildman–Crippen LogP) is 4.09. The van der Waals surface area contributed by atoms with Gasteiger partial charge in [0, 0.05) is 11.7 Å². The van der Waals surface area contributed by atoms with Gasteiger partial charge in [-0.15, -0.1) is 0 Å². The third kappa shape index (κ3) is 3.12. The lowest BCUT2D eigenvalue weighted by Crippen LogP contribution is -2.36. The van der Waals surface area contributed by atoms with Gasteiger partial charge in [-0.1, -0.05) is 24.3 Å². The molecule has 1 aliphatic rings. The van der Waals surface area contributed by atoms with Gasteiger partial charge in [0.2, 0.25) is 0 Å². The molecule has 1 aliphatic heterocycles. The maximum Gasteiger partial charge on any atom is 0.278 e. The van der Waals surface area contributed by atoms with Crippen LogP contribution in [0.3, 0.4) is 0 Å². The van der Waals surface area contributed by atoms with E-state index in [1.807, 2.05) is 31.2 Å². The first-order valence-corrected chi connectivity index (χ1v) is 8.49. The quantitative estimate of drug-likeness (QED) is 0.759. The molecule has 1 unspecified atom stereocenters. The molecule has 4 rings (SSSR count). The van der Waals surface area contributed by atoms with Gasteiger partial charge in [-0.25, -0.2) is 18.7 Å². The number of carbonyl (C=O) groups is 1. The lowest BCUT2D eigenvalue weighted by molar-refractivity contribution is 0.0976. The second-order valence-corrected chi connectivity index (χ2v) is 6.37. The Morgan fingerprint density at radius 2 is 1.81 bits per heavy atom. The number of hydrogen-bond donors (Lipinski definition) is 1. The van der Waals surface area contributed by atoms with E-state index in [1.54, 1.807) is 4.90 Å². The summed E-state index contributed by atoms with van der Waals surface area (Å²) < 4.78 is 27.4. The summed E-state index contributed by atoms with van der Waals surface area (Å²) in [6, 6.07) is 11.3. The molecule has 27 heavy (non-hydrogen) atoms. The van der Waals surface area contributed by atoms with Crippen LogP contribution in [0.5, 0.6) is 0 Å². The highest BCUT2D eigenvalue weighted by molar-refractivity contribution is 6.06. The molecule has 0 fully saturated rings. The summed E-state index contributed by atoms with van der Waals surface area (Å²) in [5.41, 5.74) is 1.83. The number of aromatic nitrogens is 2. The fourth-order valence-corrected chi connectivity index (χ4v) is 3.25. The van der Waals surface area contributed by atoms with Gasteiger partial charge in [0.25, 0.3) is 5.91 Å². The number of rotatable bonds is 3. The van der Waals surface area contributed by atoms with Gasteiger partial charge < -0.3 is 10.2 Å². The summed E-state index contributed by atoms with van der Waals surface area (Å²) in [6.45, 7) is 1.97. The number of carbonyl (C=O) groups excluding carboxylic acids is 1. The van der Waals surface area contributed by atoms with Crippen LogP contribution in [0.25, 0.3) is 0 Å². The van der Waals surface area contributed by atoms with E-state index in [0.717, 1.165) is 29.8 Å². The number of nitrogens with zero attached hydrogens (tertiary/aromatic N) is 3. The first-order valence-electron chi connectivity index (χ1n) is 8.49. The van der Waals surface area contributed by atoms with Crippen LogP contribution in [-0.4, -0.2) is 21.9 Å². The molecule has 0 saturated heterocycles. The normalized spacial score (nSPS) is 15.5. The van der Waals surface area contributed by atoms with Gasteiger partial charge in [-0.3, -0.25) is 4.79 Å². The van der Waals surface area contributed by atoms with E-state index in [-0.39, 0.29) is 29.1 Å². The van der Waals surface area contributed by atoms with Gasteiger partial charge in [0.15, 0.2) is 0 Å². The van der Waals surface area contributed by atoms with Gasteiger partial charge in [-0.2, -0.15) is 0 Å². The van der Waals surface area contributed by atoms with Crippen molar-refractivity contribution in [2.75, 3.05) is 10.2 Å². The molecular formula is C20H16F2N4O. The minimum absolute atomic E-state index is 0.0158. The van der Waals surface area contributed by atoms with Gasteiger partial charge >= 0.3 is 0 Å². The minimum atomic E-state index is -0.737. The average molecular weight is 366 g/mol. The number of amides is 1. The maximum atomic E-state index is 13.7. The number of para-hydroxylation sites is 2. The molecule has 1 atom stereocenters. The van der Waals surface area contributed by atoms with Crippen LogP contribution in [0, 0.1) is 11.6 Å². The van der Waals surface area contributed by atoms with Crippen molar-refractivity contribution in [2.45, 2.75) is 19.4 Å². The Balaban J connectivity index is 1.57. The zero-order chi connectivity index (χ0) is 19.0. The van der Waals surface area contributed by atoms with Crippen molar-refractivity contribution in [1.29, 1.82) is 0 Å². The Hall–Kier alpha value is -3.35. The monoisotopic (exact) mass is 366 g/mol. The molecule has 2 aromatic carbocycles. The Morgan fingerprint density at radius 1 is 1.07 bits per heavy atom. The Kier molecular flexibility index (Phi) is 4.27. The average Bonchev–Trinajstić information content (AvgIpc) is 3.00. The fraction of sp³-hybridized carbons (Fsp3) is 0.150. The molecule has 1 N–H and O–H groups in total. The van der Waals surface area contributed by atoms with Crippen LogP contribution in [0.15, 0.2) is 54.9 Å². The lowest BCUT2D eigenvalue weighted by atomic mass is 10.1. The molecule has 0 bridgehead atoms.